The molecule has 0 aliphatic heterocycles. The van der Waals surface area contributed by atoms with Crippen molar-refractivity contribution in [3.63, 3.8) is 0 Å². The second-order valence-electron chi connectivity index (χ2n) is 5.61. The first-order valence-corrected chi connectivity index (χ1v) is 9.92. The molecule has 1 aromatic heterocycles. The highest BCUT2D eigenvalue weighted by molar-refractivity contribution is 7.99. The SMILES string of the molecule is Cc1cccc(-c2nnc(Sc3ccc(S(=O)(=O)C(F)F)cc3)n2C)c1. The third kappa shape index (κ3) is 3.63. The summed E-state index contributed by atoms with van der Waals surface area (Å²) in [6.07, 6.45) is 0. The van der Waals surface area contributed by atoms with Gasteiger partial charge >= 0.3 is 5.76 Å². The third-order valence-electron chi connectivity index (χ3n) is 3.71. The minimum absolute atomic E-state index is 0.407. The summed E-state index contributed by atoms with van der Waals surface area (Å²) in [6, 6.07) is 13.2. The number of aryl methyl sites for hydroxylation is 1. The summed E-state index contributed by atoms with van der Waals surface area (Å²) < 4.78 is 49.9. The number of hydrogen-bond acceptors (Lipinski definition) is 5. The maximum Gasteiger partial charge on any atom is 0.341 e. The van der Waals surface area contributed by atoms with E-state index in [1.54, 1.807) is 0 Å². The molecule has 26 heavy (non-hydrogen) atoms. The van der Waals surface area contributed by atoms with Crippen LogP contribution in [0.3, 0.4) is 0 Å². The summed E-state index contributed by atoms with van der Waals surface area (Å²) in [7, 11) is -2.76. The van der Waals surface area contributed by atoms with Gasteiger partial charge in [-0.1, -0.05) is 23.8 Å². The van der Waals surface area contributed by atoms with Crippen molar-refractivity contribution in [2.24, 2.45) is 7.05 Å². The number of sulfone groups is 1. The predicted molar refractivity (Wildman–Crippen MR) is 94.9 cm³/mol. The van der Waals surface area contributed by atoms with Gasteiger partial charge in [0.15, 0.2) is 11.0 Å². The maximum absolute atomic E-state index is 12.6. The van der Waals surface area contributed by atoms with E-state index in [1.165, 1.54) is 36.0 Å². The molecule has 5 nitrogen and oxygen atoms in total. The van der Waals surface area contributed by atoms with Gasteiger partial charge in [-0.05, 0) is 49.0 Å². The van der Waals surface area contributed by atoms with Crippen LogP contribution in [-0.2, 0) is 16.9 Å². The number of rotatable bonds is 5. The molecule has 0 radical (unpaired) electrons. The van der Waals surface area contributed by atoms with Crippen LogP contribution in [0.1, 0.15) is 5.56 Å². The van der Waals surface area contributed by atoms with E-state index in [2.05, 4.69) is 10.2 Å². The van der Waals surface area contributed by atoms with Crippen molar-refractivity contribution in [1.29, 1.82) is 0 Å². The van der Waals surface area contributed by atoms with Crippen molar-refractivity contribution in [3.05, 3.63) is 54.1 Å². The van der Waals surface area contributed by atoms with Gasteiger partial charge in [0.05, 0.1) is 4.90 Å². The molecular formula is C17H15F2N3O2S2. The van der Waals surface area contributed by atoms with Crippen LogP contribution in [0.15, 0.2) is 63.5 Å². The fourth-order valence-electron chi connectivity index (χ4n) is 2.34. The van der Waals surface area contributed by atoms with Crippen LogP contribution in [0.4, 0.5) is 8.78 Å². The van der Waals surface area contributed by atoms with Gasteiger partial charge in [-0.2, -0.15) is 8.78 Å². The maximum atomic E-state index is 12.6. The molecule has 0 saturated carbocycles. The lowest BCUT2D eigenvalue weighted by atomic mass is 10.1. The quantitative estimate of drug-likeness (QED) is 0.655. The lowest BCUT2D eigenvalue weighted by Gasteiger charge is -2.06. The van der Waals surface area contributed by atoms with E-state index in [-0.39, 0.29) is 0 Å². The van der Waals surface area contributed by atoms with Gasteiger partial charge < -0.3 is 4.57 Å². The van der Waals surface area contributed by atoms with Crippen LogP contribution in [0.2, 0.25) is 0 Å². The monoisotopic (exact) mass is 395 g/mol. The molecule has 1 heterocycles. The molecule has 0 aliphatic rings. The standard InChI is InChI=1S/C17H15F2N3O2S2/c1-11-4-3-5-12(10-11)15-20-21-17(22(15)2)25-13-6-8-14(9-7-13)26(23,24)16(18)19/h3-10,16H,1-2H3. The van der Waals surface area contributed by atoms with Crippen molar-refractivity contribution in [3.8, 4) is 11.4 Å². The van der Waals surface area contributed by atoms with Crippen LogP contribution in [0.25, 0.3) is 11.4 Å². The molecule has 0 amide bonds. The Hall–Kier alpha value is -2.26. The molecule has 9 heteroatoms. The largest absolute Gasteiger partial charge is 0.341 e. The van der Waals surface area contributed by atoms with Crippen LogP contribution < -0.4 is 0 Å². The zero-order valence-corrected chi connectivity index (χ0v) is 15.6. The van der Waals surface area contributed by atoms with E-state index in [4.69, 9.17) is 0 Å². The zero-order chi connectivity index (χ0) is 18.9. The molecule has 0 fully saturated rings. The summed E-state index contributed by atoms with van der Waals surface area (Å²) in [5.74, 6) is -2.73. The summed E-state index contributed by atoms with van der Waals surface area (Å²) in [5.41, 5.74) is 2.04. The Balaban J connectivity index is 1.84. The number of benzene rings is 2. The first kappa shape index (κ1) is 18.5. The van der Waals surface area contributed by atoms with E-state index in [1.807, 2.05) is 42.8 Å². The van der Waals surface area contributed by atoms with Gasteiger partial charge in [0.2, 0.25) is 9.84 Å². The second-order valence-corrected chi connectivity index (χ2v) is 8.57. The molecule has 136 valence electrons. The Morgan fingerprint density at radius 3 is 2.38 bits per heavy atom. The molecule has 0 atom stereocenters. The number of halogens is 2. The Labute approximate surface area is 154 Å². The summed E-state index contributed by atoms with van der Waals surface area (Å²) in [4.78, 5) is 0.264. The number of aromatic nitrogens is 3. The van der Waals surface area contributed by atoms with Crippen molar-refractivity contribution in [2.75, 3.05) is 0 Å². The van der Waals surface area contributed by atoms with E-state index in [9.17, 15) is 17.2 Å². The van der Waals surface area contributed by atoms with E-state index >= 15 is 0 Å². The number of alkyl halides is 2. The summed E-state index contributed by atoms with van der Waals surface area (Å²) in [6.45, 7) is 1.99. The molecule has 0 N–H and O–H groups in total. The lowest BCUT2D eigenvalue weighted by Crippen LogP contribution is -2.11. The fraction of sp³-hybridized carbons (Fsp3) is 0.176. The minimum Gasteiger partial charge on any atom is -0.305 e. The van der Waals surface area contributed by atoms with Crippen LogP contribution >= 0.6 is 11.8 Å². The van der Waals surface area contributed by atoms with Crippen molar-refractivity contribution >= 4 is 21.6 Å². The normalized spacial score (nSPS) is 11.9. The molecule has 0 unspecified atom stereocenters. The Kier molecular flexibility index (Phi) is 5.10. The highest BCUT2D eigenvalue weighted by atomic mass is 32.2. The average Bonchev–Trinajstić information content (AvgIpc) is 2.96. The van der Waals surface area contributed by atoms with Crippen LogP contribution in [-0.4, -0.2) is 28.9 Å². The van der Waals surface area contributed by atoms with Gasteiger partial charge in [-0.3, -0.25) is 0 Å². The average molecular weight is 395 g/mol. The molecule has 0 spiro atoms. The van der Waals surface area contributed by atoms with Crippen LogP contribution in [0, 0.1) is 6.92 Å². The molecule has 3 aromatic rings. The summed E-state index contributed by atoms with van der Waals surface area (Å²) in [5, 5.41) is 8.96. The summed E-state index contributed by atoms with van der Waals surface area (Å²) >= 11 is 1.27. The van der Waals surface area contributed by atoms with Crippen molar-refractivity contribution in [1.82, 2.24) is 14.8 Å². The molecule has 0 saturated heterocycles. The lowest BCUT2D eigenvalue weighted by molar-refractivity contribution is 0.234. The first-order chi connectivity index (χ1) is 12.3. The second kappa shape index (κ2) is 7.16. The smallest absolute Gasteiger partial charge is 0.305 e. The Morgan fingerprint density at radius 2 is 1.77 bits per heavy atom. The fourth-order valence-corrected chi connectivity index (χ4v) is 3.85. The van der Waals surface area contributed by atoms with Gasteiger partial charge in [0.25, 0.3) is 0 Å². The Morgan fingerprint density at radius 1 is 1.08 bits per heavy atom. The van der Waals surface area contributed by atoms with Gasteiger partial charge in [-0.25, -0.2) is 8.42 Å². The highest BCUT2D eigenvalue weighted by Gasteiger charge is 2.26. The third-order valence-corrected chi connectivity index (χ3v) is 6.15. The van der Waals surface area contributed by atoms with Crippen molar-refractivity contribution in [2.45, 2.75) is 27.6 Å². The molecule has 2 aromatic carbocycles. The van der Waals surface area contributed by atoms with E-state index in [0.29, 0.717) is 15.9 Å². The number of nitrogens with zero attached hydrogens (tertiary/aromatic N) is 3. The molecule has 3 rings (SSSR count). The highest BCUT2D eigenvalue weighted by Crippen LogP contribution is 2.30. The van der Waals surface area contributed by atoms with Gasteiger partial charge in [0.1, 0.15) is 0 Å². The molecular weight excluding hydrogens is 380 g/mol. The zero-order valence-electron chi connectivity index (χ0n) is 13.9. The van der Waals surface area contributed by atoms with E-state index in [0.717, 1.165) is 11.1 Å². The topological polar surface area (TPSA) is 64.8 Å². The van der Waals surface area contributed by atoms with Crippen LogP contribution in [0.5, 0.6) is 0 Å². The first-order valence-electron chi connectivity index (χ1n) is 7.55. The molecule has 0 aliphatic carbocycles. The number of hydrogen-bond donors (Lipinski definition) is 0. The van der Waals surface area contributed by atoms with Crippen molar-refractivity contribution < 1.29 is 17.2 Å². The van der Waals surface area contributed by atoms with E-state index < -0.39 is 20.5 Å². The van der Waals surface area contributed by atoms with Gasteiger partial charge in [-0.15, -0.1) is 10.2 Å². The van der Waals surface area contributed by atoms with Gasteiger partial charge in [0, 0.05) is 17.5 Å². The minimum atomic E-state index is -4.59. The Bertz CT molecular complexity index is 1030. The predicted octanol–water partition coefficient (Wildman–Crippen LogP) is 3.94. The molecule has 0 bridgehead atoms.